The summed E-state index contributed by atoms with van der Waals surface area (Å²) in [7, 11) is -4.79. The van der Waals surface area contributed by atoms with Gasteiger partial charge in [-0.3, -0.25) is 0 Å². The molecule has 0 fully saturated rings. The van der Waals surface area contributed by atoms with Crippen molar-refractivity contribution in [1.82, 2.24) is 0 Å². The van der Waals surface area contributed by atoms with Crippen molar-refractivity contribution in [3.8, 4) is 0 Å². The topological polar surface area (TPSA) is 110 Å². The summed E-state index contributed by atoms with van der Waals surface area (Å²) in [5.74, 6) is -1.73. The van der Waals surface area contributed by atoms with Crippen LogP contribution in [-0.4, -0.2) is 37.0 Å². The first kappa shape index (κ1) is 28.1. The molecule has 0 heterocycles. The van der Waals surface area contributed by atoms with Gasteiger partial charge in [0.05, 0.1) is 17.7 Å². The van der Waals surface area contributed by atoms with Gasteiger partial charge in [-0.05, 0) is 25.0 Å². The summed E-state index contributed by atoms with van der Waals surface area (Å²) in [6.07, 6.45) is 7.40. The van der Waals surface area contributed by atoms with E-state index in [4.69, 9.17) is 9.47 Å². The van der Waals surface area contributed by atoms with Gasteiger partial charge >= 0.3 is 41.5 Å². The maximum absolute atomic E-state index is 12.3. The van der Waals surface area contributed by atoms with Gasteiger partial charge in [-0.15, -0.1) is 0 Å². The fourth-order valence-corrected chi connectivity index (χ4v) is 3.28. The van der Waals surface area contributed by atoms with Crippen LogP contribution in [0.2, 0.25) is 0 Å². The molecular weight excluding hydrogens is 407 g/mol. The van der Waals surface area contributed by atoms with Gasteiger partial charge in [0.2, 0.25) is 0 Å². The standard InChI is InChI=1S/C20H30O7S.Na/c1-3-5-6-7-8-9-12-15-26-19(21)16-13-10-11-14-17(16)20(22)27-18(4-2)28(23,24)25;/h10-11,13-14,18H,3-9,12,15H2,1-2H3,(H,23,24,25);/q;+1/p-1. The van der Waals surface area contributed by atoms with Crippen molar-refractivity contribution in [1.29, 1.82) is 0 Å². The molecule has 158 valence electrons. The smallest absolute Gasteiger partial charge is 0.745 e. The van der Waals surface area contributed by atoms with E-state index in [-0.39, 0.29) is 53.7 Å². The zero-order chi connectivity index (χ0) is 21.0. The van der Waals surface area contributed by atoms with Crippen LogP contribution in [0.5, 0.6) is 0 Å². The first-order valence-electron chi connectivity index (χ1n) is 9.73. The van der Waals surface area contributed by atoms with E-state index in [0.717, 1.165) is 25.7 Å². The Morgan fingerprint density at radius 2 is 1.45 bits per heavy atom. The Morgan fingerprint density at radius 3 is 1.97 bits per heavy atom. The zero-order valence-electron chi connectivity index (χ0n) is 17.5. The molecule has 0 radical (unpaired) electrons. The number of esters is 2. The number of carbonyl (C=O) groups excluding carboxylic acids is 2. The molecule has 0 saturated heterocycles. The van der Waals surface area contributed by atoms with E-state index in [2.05, 4.69) is 6.92 Å². The molecule has 0 saturated carbocycles. The van der Waals surface area contributed by atoms with E-state index in [1.165, 1.54) is 44.4 Å². The van der Waals surface area contributed by atoms with Gasteiger partial charge in [0.25, 0.3) is 0 Å². The van der Waals surface area contributed by atoms with Crippen molar-refractivity contribution >= 4 is 22.1 Å². The normalized spacial score (nSPS) is 12.0. The second-order valence-corrected chi connectivity index (χ2v) is 8.05. The average Bonchev–Trinajstić information content (AvgIpc) is 2.66. The van der Waals surface area contributed by atoms with E-state index in [0.29, 0.717) is 0 Å². The third-order valence-corrected chi connectivity index (χ3v) is 5.32. The Bertz CT molecular complexity index is 734. The Labute approximate surface area is 195 Å². The number of benzene rings is 1. The van der Waals surface area contributed by atoms with Crippen LogP contribution in [0.1, 0.15) is 85.9 Å². The van der Waals surface area contributed by atoms with Gasteiger partial charge < -0.3 is 14.0 Å². The van der Waals surface area contributed by atoms with E-state index in [1.54, 1.807) is 6.07 Å². The van der Waals surface area contributed by atoms with Crippen LogP contribution in [0, 0.1) is 0 Å². The van der Waals surface area contributed by atoms with Crippen LogP contribution in [0.4, 0.5) is 0 Å². The van der Waals surface area contributed by atoms with Crippen LogP contribution >= 0.6 is 0 Å². The summed E-state index contributed by atoms with van der Waals surface area (Å²) >= 11 is 0. The molecule has 0 aliphatic heterocycles. The van der Waals surface area contributed by atoms with Crippen molar-refractivity contribution in [2.45, 2.75) is 70.7 Å². The van der Waals surface area contributed by atoms with Gasteiger partial charge in [0.1, 0.15) is 10.1 Å². The molecule has 0 bridgehead atoms. The molecule has 0 aliphatic carbocycles. The number of rotatable bonds is 13. The third kappa shape index (κ3) is 10.6. The molecule has 0 amide bonds. The van der Waals surface area contributed by atoms with Crippen LogP contribution in [0.25, 0.3) is 0 Å². The Morgan fingerprint density at radius 1 is 0.931 bits per heavy atom. The summed E-state index contributed by atoms with van der Waals surface area (Å²) in [6.45, 7) is 3.81. The number of ether oxygens (including phenoxy) is 2. The number of unbranched alkanes of at least 4 members (excludes halogenated alkanes) is 6. The van der Waals surface area contributed by atoms with Crippen molar-refractivity contribution < 1.29 is 61.6 Å². The number of hydrogen-bond donors (Lipinski definition) is 0. The summed E-state index contributed by atoms with van der Waals surface area (Å²) in [6, 6.07) is 5.80. The monoisotopic (exact) mass is 436 g/mol. The van der Waals surface area contributed by atoms with Gasteiger partial charge in [-0.2, -0.15) is 0 Å². The average molecular weight is 437 g/mol. The second-order valence-electron chi connectivity index (χ2n) is 6.54. The van der Waals surface area contributed by atoms with E-state index < -0.39 is 27.5 Å². The minimum atomic E-state index is -4.79. The molecule has 0 aromatic heterocycles. The third-order valence-electron chi connectivity index (χ3n) is 4.24. The predicted molar refractivity (Wildman–Crippen MR) is 104 cm³/mol. The molecule has 1 rings (SSSR count). The summed E-state index contributed by atoms with van der Waals surface area (Å²) < 4.78 is 43.3. The molecule has 9 heteroatoms. The minimum Gasteiger partial charge on any atom is -0.745 e. The van der Waals surface area contributed by atoms with Crippen LogP contribution in [0.3, 0.4) is 0 Å². The Balaban J connectivity index is 0.00000784. The molecule has 0 spiro atoms. The van der Waals surface area contributed by atoms with Crippen LogP contribution in [0.15, 0.2) is 24.3 Å². The minimum absolute atomic E-state index is 0. The fraction of sp³-hybridized carbons (Fsp3) is 0.600. The van der Waals surface area contributed by atoms with Gasteiger partial charge in [0.15, 0.2) is 5.44 Å². The molecule has 7 nitrogen and oxygen atoms in total. The molecule has 0 N–H and O–H groups in total. The molecule has 1 atom stereocenters. The molecule has 1 aromatic carbocycles. The molecular formula is C20H29NaO7S. The summed E-state index contributed by atoms with van der Waals surface area (Å²) in [5.41, 5.74) is -1.94. The Kier molecular flexibility index (Phi) is 14.5. The van der Waals surface area contributed by atoms with Crippen LogP contribution < -0.4 is 29.6 Å². The van der Waals surface area contributed by atoms with Crippen LogP contribution in [-0.2, 0) is 19.6 Å². The largest absolute Gasteiger partial charge is 1.00 e. The second kappa shape index (κ2) is 15.0. The number of hydrogen-bond acceptors (Lipinski definition) is 7. The maximum atomic E-state index is 12.3. The molecule has 1 aromatic rings. The summed E-state index contributed by atoms with van der Waals surface area (Å²) in [4.78, 5) is 24.5. The van der Waals surface area contributed by atoms with Gasteiger partial charge in [0, 0.05) is 0 Å². The van der Waals surface area contributed by atoms with E-state index in [1.807, 2.05) is 0 Å². The SMILES string of the molecule is CCCCCCCCCOC(=O)c1ccccc1C(=O)OC(CC)S(=O)(=O)[O-].[Na+]. The molecule has 0 aliphatic rings. The van der Waals surface area contributed by atoms with Crippen molar-refractivity contribution in [2.75, 3.05) is 6.61 Å². The molecule has 29 heavy (non-hydrogen) atoms. The van der Waals surface area contributed by atoms with Gasteiger partial charge in [-0.1, -0.05) is 64.5 Å². The quantitative estimate of drug-likeness (QED) is 0.197. The molecule has 1 unspecified atom stereocenters. The van der Waals surface area contributed by atoms with Crippen molar-refractivity contribution in [3.05, 3.63) is 35.4 Å². The van der Waals surface area contributed by atoms with E-state index in [9.17, 15) is 22.6 Å². The van der Waals surface area contributed by atoms with Crippen molar-refractivity contribution in [3.63, 3.8) is 0 Å². The summed E-state index contributed by atoms with van der Waals surface area (Å²) in [5, 5.41) is 0. The van der Waals surface area contributed by atoms with Crippen molar-refractivity contribution in [2.24, 2.45) is 0 Å². The van der Waals surface area contributed by atoms with Gasteiger partial charge in [-0.25, -0.2) is 18.0 Å². The fourth-order valence-electron chi connectivity index (χ4n) is 2.67. The zero-order valence-corrected chi connectivity index (χ0v) is 20.3. The van der Waals surface area contributed by atoms with E-state index >= 15 is 0 Å². The number of carbonyl (C=O) groups is 2. The predicted octanol–water partition coefficient (Wildman–Crippen LogP) is 1.04. The first-order chi connectivity index (χ1) is 13.3. The first-order valence-corrected chi connectivity index (χ1v) is 11.2. The Hall–Kier alpha value is -0.930. The maximum Gasteiger partial charge on any atom is 1.00 e.